The number of para-hydroxylation sites is 1. The first kappa shape index (κ1) is 31.0. The zero-order valence-corrected chi connectivity index (χ0v) is 25.8. The number of nitrogens with one attached hydrogen (secondary N) is 1. The van der Waals surface area contributed by atoms with Crippen molar-refractivity contribution in [3.8, 4) is 11.6 Å². The number of nitrogens with two attached hydrogens (primary N) is 2. The van der Waals surface area contributed by atoms with Crippen LogP contribution in [0.5, 0.6) is 5.88 Å². The molecule has 12 nitrogen and oxygen atoms in total. The molecule has 2 aromatic carbocycles. The number of aromatic nitrogens is 5. The summed E-state index contributed by atoms with van der Waals surface area (Å²) in [5.41, 5.74) is 12.3. The highest BCUT2D eigenvalue weighted by Gasteiger charge is 2.30. The van der Waals surface area contributed by atoms with Crippen molar-refractivity contribution in [1.82, 2.24) is 24.7 Å². The molecule has 1 amide bonds. The van der Waals surface area contributed by atoms with Crippen LogP contribution in [0.4, 0.5) is 17.5 Å². The van der Waals surface area contributed by atoms with E-state index in [1.54, 1.807) is 55.5 Å². The van der Waals surface area contributed by atoms with Crippen molar-refractivity contribution in [2.75, 3.05) is 35.6 Å². The zero-order valence-electron chi connectivity index (χ0n) is 24.2. The molecule has 0 bridgehead atoms. The molecule has 0 radical (unpaired) electrons. The highest BCUT2D eigenvalue weighted by atomic mass is 35.5. The van der Waals surface area contributed by atoms with Gasteiger partial charge in [0.1, 0.15) is 5.82 Å². The minimum Gasteiger partial charge on any atom is -0.493 e. The summed E-state index contributed by atoms with van der Waals surface area (Å²) in [4.78, 5) is 37.9. The molecule has 1 saturated heterocycles. The van der Waals surface area contributed by atoms with Crippen LogP contribution in [-0.4, -0.2) is 55.4 Å². The number of anilines is 3. The van der Waals surface area contributed by atoms with E-state index in [0.717, 1.165) is 37.7 Å². The molecule has 0 atom stereocenters. The van der Waals surface area contributed by atoms with Crippen molar-refractivity contribution in [2.24, 2.45) is 11.1 Å². The van der Waals surface area contributed by atoms with Crippen LogP contribution in [0.3, 0.4) is 0 Å². The molecule has 5 rings (SSSR count). The maximum Gasteiger partial charge on any atom is 0.274 e. The van der Waals surface area contributed by atoms with Gasteiger partial charge in [-0.1, -0.05) is 67.2 Å². The number of hydrogen-bond donors (Lipinski definition) is 4. The quantitative estimate of drug-likeness (QED) is 0.218. The number of piperidine rings is 1. The van der Waals surface area contributed by atoms with Crippen LogP contribution in [-0.2, 0) is 0 Å². The molecule has 2 aromatic heterocycles. The molecule has 1 aliphatic rings. The van der Waals surface area contributed by atoms with E-state index < -0.39 is 22.9 Å². The maximum absolute atomic E-state index is 13.5. The van der Waals surface area contributed by atoms with Gasteiger partial charge in [0, 0.05) is 18.0 Å². The Kier molecular flexibility index (Phi) is 8.90. The molecule has 0 saturated carbocycles. The standard InChI is InChI=1S/C30H32ClN9O3S/c1-4-18-8-5-6-10-20(18)40-17(2)34-25(41)22(28(40)43)26(42)35-19-9-7-11-21(23(19)31)44-27-24(33)36-29(38-37-27)39-14-12-30(3,16-32)13-15-39/h4-11,41H,1,12-16,32H2,2-3H3,(H,35,42)(H2,33,36,38). The normalized spacial score (nSPS) is 14.3. The number of benzene rings is 2. The molecule has 1 fully saturated rings. The second kappa shape index (κ2) is 12.6. The predicted octanol–water partition coefficient (Wildman–Crippen LogP) is 4.28. The van der Waals surface area contributed by atoms with Crippen molar-refractivity contribution < 1.29 is 9.90 Å². The Morgan fingerprint density at radius 3 is 2.59 bits per heavy atom. The van der Waals surface area contributed by atoms with Crippen LogP contribution in [0.15, 0.2) is 63.8 Å². The number of amides is 1. The fraction of sp³-hybridized carbons (Fsp3) is 0.267. The smallest absolute Gasteiger partial charge is 0.274 e. The van der Waals surface area contributed by atoms with Crippen LogP contribution in [0, 0.1) is 12.3 Å². The number of carbonyl (C=O) groups excluding carboxylic acids is 1. The summed E-state index contributed by atoms with van der Waals surface area (Å²) in [5, 5.41) is 22.2. The Bertz CT molecular complexity index is 1810. The molecule has 14 heteroatoms. The van der Waals surface area contributed by atoms with Crippen molar-refractivity contribution in [3.63, 3.8) is 0 Å². The average Bonchev–Trinajstić information content (AvgIpc) is 3.00. The van der Waals surface area contributed by atoms with E-state index in [4.69, 9.17) is 23.1 Å². The van der Waals surface area contributed by atoms with Crippen molar-refractivity contribution in [1.29, 1.82) is 0 Å². The maximum atomic E-state index is 13.5. The van der Waals surface area contributed by atoms with E-state index in [0.29, 0.717) is 33.7 Å². The summed E-state index contributed by atoms with van der Waals surface area (Å²) in [6, 6.07) is 12.0. The number of nitrogens with zero attached hydrogens (tertiary/aromatic N) is 6. The van der Waals surface area contributed by atoms with Crippen molar-refractivity contribution >= 4 is 52.8 Å². The number of aromatic hydroxyl groups is 1. The molecule has 44 heavy (non-hydrogen) atoms. The molecule has 1 aliphatic heterocycles. The lowest BCUT2D eigenvalue weighted by Gasteiger charge is -2.38. The lowest BCUT2D eigenvalue weighted by Crippen LogP contribution is -2.43. The van der Waals surface area contributed by atoms with Gasteiger partial charge in [0.15, 0.2) is 16.4 Å². The monoisotopic (exact) mass is 633 g/mol. The van der Waals surface area contributed by atoms with E-state index in [2.05, 4.69) is 39.0 Å². The number of halogens is 1. The molecule has 4 aromatic rings. The number of nitrogen functional groups attached to an aromatic ring is 1. The third kappa shape index (κ3) is 6.11. The number of hydrogen-bond acceptors (Lipinski definition) is 11. The summed E-state index contributed by atoms with van der Waals surface area (Å²) in [7, 11) is 0. The first-order valence-corrected chi connectivity index (χ1v) is 15.0. The fourth-order valence-electron chi connectivity index (χ4n) is 4.91. The Morgan fingerprint density at radius 2 is 1.91 bits per heavy atom. The van der Waals surface area contributed by atoms with Gasteiger partial charge in [0.2, 0.25) is 11.8 Å². The molecule has 3 heterocycles. The fourth-order valence-corrected chi connectivity index (χ4v) is 5.99. The van der Waals surface area contributed by atoms with Crippen LogP contribution < -0.4 is 27.2 Å². The van der Waals surface area contributed by atoms with E-state index in [1.807, 2.05) is 4.90 Å². The van der Waals surface area contributed by atoms with Gasteiger partial charge < -0.3 is 26.8 Å². The second-order valence-electron chi connectivity index (χ2n) is 10.7. The molecular weight excluding hydrogens is 602 g/mol. The van der Waals surface area contributed by atoms with E-state index in [-0.39, 0.29) is 27.8 Å². The Hall–Kier alpha value is -4.46. The molecule has 0 spiro atoms. The van der Waals surface area contributed by atoms with Crippen LogP contribution in [0.1, 0.15) is 41.5 Å². The number of aryl methyl sites for hydroxylation is 1. The minimum absolute atomic E-state index is 0.102. The van der Waals surface area contributed by atoms with Gasteiger partial charge in [-0.15, -0.1) is 10.2 Å². The van der Waals surface area contributed by atoms with Gasteiger partial charge in [-0.05, 0) is 55.5 Å². The third-order valence-corrected chi connectivity index (χ3v) is 9.25. The molecule has 0 aliphatic carbocycles. The number of rotatable bonds is 8. The topological polar surface area (TPSA) is 178 Å². The van der Waals surface area contributed by atoms with Gasteiger partial charge in [-0.3, -0.25) is 14.2 Å². The summed E-state index contributed by atoms with van der Waals surface area (Å²) in [6.07, 6.45) is 3.43. The molecule has 228 valence electrons. The third-order valence-electron chi connectivity index (χ3n) is 7.69. The highest BCUT2D eigenvalue weighted by Crippen LogP contribution is 2.39. The molecular formula is C30H32ClN9O3S. The molecule has 6 N–H and O–H groups in total. The van der Waals surface area contributed by atoms with Gasteiger partial charge >= 0.3 is 0 Å². The molecule has 0 unspecified atom stereocenters. The Labute approximate surface area is 263 Å². The summed E-state index contributed by atoms with van der Waals surface area (Å²) in [6.45, 7) is 9.66. The van der Waals surface area contributed by atoms with Crippen LogP contribution in [0.25, 0.3) is 11.8 Å². The minimum atomic E-state index is -0.883. The SMILES string of the molecule is C=Cc1ccccc1-n1c(C)nc(O)c(C(=O)Nc2cccc(Sc3nnc(N4CCC(C)(CN)CC4)nc3N)c2Cl)c1=O. The van der Waals surface area contributed by atoms with Crippen LogP contribution >= 0.6 is 23.4 Å². The first-order chi connectivity index (χ1) is 21.0. The average molecular weight is 634 g/mol. The predicted molar refractivity (Wildman–Crippen MR) is 173 cm³/mol. The number of carbonyl (C=O) groups is 1. The second-order valence-corrected chi connectivity index (χ2v) is 12.1. The summed E-state index contributed by atoms with van der Waals surface area (Å²) >= 11 is 7.80. The Balaban J connectivity index is 1.37. The van der Waals surface area contributed by atoms with Crippen LogP contribution in [0.2, 0.25) is 5.02 Å². The Morgan fingerprint density at radius 1 is 1.18 bits per heavy atom. The van der Waals surface area contributed by atoms with Gasteiger partial charge in [-0.2, -0.15) is 9.97 Å². The zero-order chi connectivity index (χ0) is 31.6. The van der Waals surface area contributed by atoms with Gasteiger partial charge in [0.25, 0.3) is 11.5 Å². The van der Waals surface area contributed by atoms with E-state index in [9.17, 15) is 14.7 Å². The largest absolute Gasteiger partial charge is 0.493 e. The van der Waals surface area contributed by atoms with Crippen molar-refractivity contribution in [3.05, 3.63) is 81.4 Å². The van der Waals surface area contributed by atoms with Crippen molar-refractivity contribution in [2.45, 2.75) is 36.6 Å². The lowest BCUT2D eigenvalue weighted by molar-refractivity contribution is 0.102. The summed E-state index contributed by atoms with van der Waals surface area (Å²) < 4.78 is 1.25. The van der Waals surface area contributed by atoms with E-state index in [1.165, 1.54) is 4.57 Å². The lowest BCUT2D eigenvalue weighted by atomic mass is 9.81. The van der Waals surface area contributed by atoms with Gasteiger partial charge in [0.05, 0.1) is 16.4 Å². The van der Waals surface area contributed by atoms with E-state index >= 15 is 0 Å². The highest BCUT2D eigenvalue weighted by molar-refractivity contribution is 7.99. The van der Waals surface area contributed by atoms with Gasteiger partial charge in [-0.25, -0.2) is 0 Å². The first-order valence-electron chi connectivity index (χ1n) is 13.8. The summed E-state index contributed by atoms with van der Waals surface area (Å²) in [5.74, 6) is -0.747.